The van der Waals surface area contributed by atoms with Crippen LogP contribution in [0.4, 0.5) is 4.79 Å². The normalized spacial score (nSPS) is 22.6. The molecule has 2 N–H and O–H groups in total. The molecule has 20 heavy (non-hydrogen) atoms. The molecule has 0 aromatic carbocycles. The molecule has 110 valence electrons. The number of aliphatic carboxylic acids is 1. The molecule has 1 aromatic rings. The van der Waals surface area contributed by atoms with Gasteiger partial charge in [0, 0.05) is 23.7 Å². The highest BCUT2D eigenvalue weighted by Crippen LogP contribution is 2.23. The van der Waals surface area contributed by atoms with Crippen LogP contribution in [0.25, 0.3) is 0 Å². The number of aryl methyl sites for hydroxylation is 1. The summed E-state index contributed by atoms with van der Waals surface area (Å²) in [7, 11) is 0. The summed E-state index contributed by atoms with van der Waals surface area (Å²) >= 11 is 1.56. The summed E-state index contributed by atoms with van der Waals surface area (Å²) in [5, 5.41) is 12.9. The number of nitrogens with one attached hydrogen (secondary N) is 1. The van der Waals surface area contributed by atoms with Gasteiger partial charge < -0.3 is 15.3 Å². The molecular weight excluding hydrogens is 278 g/mol. The summed E-state index contributed by atoms with van der Waals surface area (Å²) in [5.74, 6) is -1.10. The van der Waals surface area contributed by atoms with E-state index >= 15 is 0 Å². The van der Waals surface area contributed by atoms with E-state index in [1.165, 1.54) is 0 Å². The van der Waals surface area contributed by atoms with Crippen LogP contribution < -0.4 is 5.32 Å². The molecule has 1 saturated heterocycles. The zero-order valence-corrected chi connectivity index (χ0v) is 12.4. The Morgan fingerprint density at radius 1 is 1.60 bits per heavy atom. The van der Waals surface area contributed by atoms with Crippen molar-refractivity contribution in [1.29, 1.82) is 0 Å². The number of thiazole rings is 1. The lowest BCUT2D eigenvalue weighted by Gasteiger charge is -2.36. The van der Waals surface area contributed by atoms with Gasteiger partial charge in [0.1, 0.15) is 0 Å². The minimum absolute atomic E-state index is 0.0481. The highest BCUT2D eigenvalue weighted by molar-refractivity contribution is 7.11. The predicted octanol–water partition coefficient (Wildman–Crippen LogP) is 1.85. The lowest BCUT2D eigenvalue weighted by atomic mass is 9.92. The highest BCUT2D eigenvalue weighted by atomic mass is 32.1. The lowest BCUT2D eigenvalue weighted by Crippen LogP contribution is -2.49. The number of rotatable bonds is 3. The first-order chi connectivity index (χ1) is 9.47. The Hall–Kier alpha value is -1.63. The number of nitrogens with zero attached hydrogens (tertiary/aromatic N) is 2. The predicted molar refractivity (Wildman–Crippen MR) is 75.6 cm³/mol. The van der Waals surface area contributed by atoms with E-state index < -0.39 is 5.97 Å². The second-order valence-electron chi connectivity index (χ2n) is 5.11. The zero-order chi connectivity index (χ0) is 14.7. The number of piperidine rings is 1. The number of likely N-dealkylation sites (tertiary alicyclic amines) is 1. The number of hydrogen-bond acceptors (Lipinski definition) is 4. The molecule has 1 aliphatic rings. The Labute approximate surface area is 121 Å². The van der Waals surface area contributed by atoms with Crippen LogP contribution in [-0.2, 0) is 11.3 Å². The highest BCUT2D eigenvalue weighted by Gasteiger charge is 2.32. The Morgan fingerprint density at radius 3 is 2.90 bits per heavy atom. The number of carbonyl (C=O) groups excluding carboxylic acids is 1. The molecule has 0 bridgehead atoms. The van der Waals surface area contributed by atoms with Crippen molar-refractivity contribution in [3.63, 3.8) is 0 Å². The summed E-state index contributed by atoms with van der Waals surface area (Å²) in [6.45, 7) is 4.78. The summed E-state index contributed by atoms with van der Waals surface area (Å²) < 4.78 is 0. The quantitative estimate of drug-likeness (QED) is 0.892. The first kappa shape index (κ1) is 14.8. The second kappa shape index (κ2) is 6.21. The van der Waals surface area contributed by atoms with Crippen molar-refractivity contribution < 1.29 is 14.7 Å². The molecule has 2 atom stereocenters. The Bertz CT molecular complexity index is 503. The Kier molecular flexibility index (Phi) is 4.59. The maximum Gasteiger partial charge on any atom is 0.317 e. The van der Waals surface area contributed by atoms with E-state index in [-0.39, 0.29) is 18.0 Å². The average Bonchev–Trinajstić information content (AvgIpc) is 2.81. The molecule has 0 aliphatic carbocycles. The van der Waals surface area contributed by atoms with Gasteiger partial charge in [0.25, 0.3) is 0 Å². The molecule has 2 amide bonds. The third kappa shape index (κ3) is 3.47. The SMILES string of the molecule is Cc1ncc(CNC(=O)N2CCC(C(=O)O)CC2C)s1. The van der Waals surface area contributed by atoms with Crippen LogP contribution >= 0.6 is 11.3 Å². The first-order valence-electron chi connectivity index (χ1n) is 6.66. The van der Waals surface area contributed by atoms with E-state index in [2.05, 4.69) is 10.3 Å². The van der Waals surface area contributed by atoms with Crippen molar-refractivity contribution in [2.24, 2.45) is 5.92 Å². The van der Waals surface area contributed by atoms with Crippen LogP contribution in [0.15, 0.2) is 6.20 Å². The van der Waals surface area contributed by atoms with E-state index in [1.807, 2.05) is 13.8 Å². The second-order valence-corrected chi connectivity index (χ2v) is 6.43. The topological polar surface area (TPSA) is 82.5 Å². The fourth-order valence-electron chi connectivity index (χ4n) is 2.45. The molecule has 7 heteroatoms. The van der Waals surface area contributed by atoms with Gasteiger partial charge in [0.2, 0.25) is 0 Å². The van der Waals surface area contributed by atoms with Crippen molar-refractivity contribution in [2.45, 2.75) is 39.3 Å². The Morgan fingerprint density at radius 2 is 2.35 bits per heavy atom. The van der Waals surface area contributed by atoms with Crippen LogP contribution in [0.2, 0.25) is 0 Å². The molecule has 0 spiro atoms. The van der Waals surface area contributed by atoms with Crippen LogP contribution in [0.1, 0.15) is 29.7 Å². The van der Waals surface area contributed by atoms with E-state index in [0.717, 1.165) is 9.88 Å². The van der Waals surface area contributed by atoms with Gasteiger partial charge in [0.05, 0.1) is 17.5 Å². The van der Waals surface area contributed by atoms with Crippen LogP contribution in [0.5, 0.6) is 0 Å². The van der Waals surface area contributed by atoms with E-state index in [1.54, 1.807) is 22.4 Å². The summed E-state index contributed by atoms with van der Waals surface area (Å²) in [6, 6.07) is -0.180. The smallest absolute Gasteiger partial charge is 0.317 e. The standard InChI is InChI=1S/C13H19N3O3S/c1-8-5-10(12(17)18)3-4-16(8)13(19)15-7-11-6-14-9(2)20-11/h6,8,10H,3-5,7H2,1-2H3,(H,15,19)(H,17,18). The fraction of sp³-hybridized carbons (Fsp3) is 0.615. The molecule has 2 unspecified atom stereocenters. The van der Waals surface area contributed by atoms with Gasteiger partial charge in [0.15, 0.2) is 0 Å². The summed E-state index contributed by atoms with van der Waals surface area (Å²) in [5.41, 5.74) is 0. The number of hydrogen-bond donors (Lipinski definition) is 2. The minimum Gasteiger partial charge on any atom is -0.481 e. The first-order valence-corrected chi connectivity index (χ1v) is 7.47. The largest absolute Gasteiger partial charge is 0.481 e. The van der Waals surface area contributed by atoms with Gasteiger partial charge in [-0.2, -0.15) is 0 Å². The maximum absolute atomic E-state index is 12.1. The van der Waals surface area contributed by atoms with Gasteiger partial charge in [-0.1, -0.05) is 0 Å². The average molecular weight is 297 g/mol. The monoisotopic (exact) mass is 297 g/mol. The van der Waals surface area contributed by atoms with Crippen molar-refractivity contribution in [2.75, 3.05) is 6.54 Å². The molecule has 0 saturated carbocycles. The molecule has 2 rings (SSSR count). The van der Waals surface area contributed by atoms with Crippen molar-refractivity contribution in [3.05, 3.63) is 16.1 Å². The summed E-state index contributed by atoms with van der Waals surface area (Å²) in [6.07, 6.45) is 2.80. The van der Waals surface area contributed by atoms with E-state index in [0.29, 0.717) is 25.9 Å². The molecule has 6 nitrogen and oxygen atoms in total. The van der Waals surface area contributed by atoms with Crippen LogP contribution in [0.3, 0.4) is 0 Å². The van der Waals surface area contributed by atoms with Gasteiger partial charge in [-0.25, -0.2) is 9.78 Å². The van der Waals surface area contributed by atoms with Crippen LogP contribution in [0, 0.1) is 12.8 Å². The number of carboxylic acid groups (broad SMARTS) is 1. The molecule has 1 fully saturated rings. The van der Waals surface area contributed by atoms with Gasteiger partial charge in [-0.3, -0.25) is 4.79 Å². The summed E-state index contributed by atoms with van der Waals surface area (Å²) in [4.78, 5) is 30.0. The molecular formula is C13H19N3O3S. The molecule has 0 radical (unpaired) electrons. The van der Waals surface area contributed by atoms with E-state index in [9.17, 15) is 9.59 Å². The van der Waals surface area contributed by atoms with Crippen molar-refractivity contribution >= 4 is 23.3 Å². The number of amides is 2. The van der Waals surface area contributed by atoms with E-state index in [4.69, 9.17) is 5.11 Å². The molecule has 2 heterocycles. The van der Waals surface area contributed by atoms with Crippen molar-refractivity contribution in [1.82, 2.24) is 15.2 Å². The Balaban J connectivity index is 1.85. The molecule has 1 aromatic heterocycles. The number of carboxylic acids is 1. The van der Waals surface area contributed by atoms with Crippen molar-refractivity contribution in [3.8, 4) is 0 Å². The van der Waals surface area contributed by atoms with Crippen LogP contribution in [-0.4, -0.2) is 39.6 Å². The van der Waals surface area contributed by atoms with Gasteiger partial charge in [-0.05, 0) is 26.7 Å². The number of aromatic nitrogens is 1. The molecule has 1 aliphatic heterocycles. The fourth-order valence-corrected chi connectivity index (χ4v) is 3.18. The number of carbonyl (C=O) groups is 2. The lowest BCUT2D eigenvalue weighted by molar-refractivity contribution is -0.143. The zero-order valence-electron chi connectivity index (χ0n) is 11.6. The van der Waals surface area contributed by atoms with Gasteiger partial charge in [-0.15, -0.1) is 11.3 Å². The maximum atomic E-state index is 12.1. The third-order valence-corrected chi connectivity index (χ3v) is 4.48. The minimum atomic E-state index is -0.767. The third-order valence-electron chi connectivity index (χ3n) is 3.57. The number of urea groups is 1. The van der Waals surface area contributed by atoms with Gasteiger partial charge >= 0.3 is 12.0 Å².